The second-order valence-electron chi connectivity index (χ2n) is 3.12. The lowest BCUT2D eigenvalue weighted by molar-refractivity contribution is 0.320. The van der Waals surface area contributed by atoms with E-state index < -0.39 is 0 Å². The Labute approximate surface area is 112 Å². The molecule has 1 aromatic heterocycles. The second-order valence-corrected chi connectivity index (χ2v) is 3.98. The van der Waals surface area contributed by atoms with Crippen LogP contribution in [0.1, 0.15) is 0 Å². The van der Waals surface area contributed by atoms with Crippen LogP contribution in [0.25, 0.3) is 0 Å². The molecule has 2 rings (SSSR count). The van der Waals surface area contributed by atoms with Gasteiger partial charge in [0.25, 0.3) is 0 Å². The van der Waals surface area contributed by atoms with Gasteiger partial charge >= 0.3 is 18.0 Å². The van der Waals surface area contributed by atoms with Crippen molar-refractivity contribution >= 4 is 15.9 Å². The van der Waals surface area contributed by atoms with E-state index in [0.29, 0.717) is 5.75 Å². The van der Waals surface area contributed by atoms with Crippen molar-refractivity contribution < 1.29 is 14.2 Å². The summed E-state index contributed by atoms with van der Waals surface area (Å²) in [6.45, 7) is 0. The first-order valence-electron chi connectivity index (χ1n) is 4.99. The highest BCUT2D eigenvalue weighted by Gasteiger charge is 2.10. The molecule has 1 aromatic carbocycles. The Kier molecular flexibility index (Phi) is 3.93. The van der Waals surface area contributed by atoms with Gasteiger partial charge in [0.1, 0.15) is 5.75 Å². The minimum atomic E-state index is 0.102. The molecule has 0 N–H and O–H groups in total. The van der Waals surface area contributed by atoms with Gasteiger partial charge < -0.3 is 14.2 Å². The summed E-state index contributed by atoms with van der Waals surface area (Å²) >= 11 is 3.37. The molecular formula is C11H10BrN3O3. The average Bonchev–Trinajstić information content (AvgIpc) is 2.41. The molecule has 0 saturated heterocycles. The maximum absolute atomic E-state index is 5.53. The van der Waals surface area contributed by atoms with E-state index in [4.69, 9.17) is 14.2 Å². The van der Waals surface area contributed by atoms with E-state index in [2.05, 4.69) is 30.9 Å². The van der Waals surface area contributed by atoms with Crippen molar-refractivity contribution in [3.63, 3.8) is 0 Å². The Morgan fingerprint density at radius 3 is 2.00 bits per heavy atom. The Morgan fingerprint density at radius 2 is 1.44 bits per heavy atom. The molecule has 2 aromatic rings. The predicted octanol–water partition coefficient (Wildman–Crippen LogP) is 2.44. The van der Waals surface area contributed by atoms with Crippen molar-refractivity contribution in [2.75, 3.05) is 14.2 Å². The lowest BCUT2D eigenvalue weighted by Crippen LogP contribution is -2.01. The summed E-state index contributed by atoms with van der Waals surface area (Å²) in [7, 11) is 2.91. The Hall–Kier alpha value is -1.89. The molecular weight excluding hydrogens is 302 g/mol. The Balaban J connectivity index is 2.31. The number of benzene rings is 1. The van der Waals surface area contributed by atoms with E-state index in [1.54, 1.807) is 6.07 Å². The molecule has 18 heavy (non-hydrogen) atoms. The van der Waals surface area contributed by atoms with Gasteiger partial charge in [-0.3, -0.25) is 0 Å². The number of hydrogen-bond donors (Lipinski definition) is 0. The highest BCUT2D eigenvalue weighted by molar-refractivity contribution is 9.10. The zero-order chi connectivity index (χ0) is 13.0. The summed E-state index contributed by atoms with van der Waals surface area (Å²) in [6.07, 6.45) is 0. The van der Waals surface area contributed by atoms with E-state index in [-0.39, 0.29) is 18.0 Å². The fraction of sp³-hybridized carbons (Fsp3) is 0.182. The van der Waals surface area contributed by atoms with Crippen LogP contribution >= 0.6 is 15.9 Å². The van der Waals surface area contributed by atoms with E-state index in [1.165, 1.54) is 14.2 Å². The SMILES string of the molecule is COc1nc(OC)nc(Oc2ccccc2Br)n1. The normalized spacial score (nSPS) is 9.94. The standard InChI is InChI=1S/C11H10BrN3O3/c1-16-9-13-10(17-2)15-11(14-9)18-8-6-4-3-5-7(8)12/h3-6H,1-2H3. The van der Waals surface area contributed by atoms with Crippen LogP contribution in [0.2, 0.25) is 0 Å². The van der Waals surface area contributed by atoms with Crippen molar-refractivity contribution in [3.05, 3.63) is 28.7 Å². The number of nitrogens with zero attached hydrogens (tertiary/aromatic N) is 3. The second kappa shape index (κ2) is 5.63. The van der Waals surface area contributed by atoms with Gasteiger partial charge in [-0.15, -0.1) is 15.0 Å². The predicted molar refractivity (Wildman–Crippen MR) is 67.1 cm³/mol. The molecule has 0 fully saturated rings. The Morgan fingerprint density at radius 1 is 0.889 bits per heavy atom. The highest BCUT2D eigenvalue weighted by atomic mass is 79.9. The molecule has 0 spiro atoms. The van der Waals surface area contributed by atoms with E-state index in [1.807, 2.05) is 18.2 Å². The summed E-state index contributed by atoms with van der Waals surface area (Å²) in [4.78, 5) is 11.8. The van der Waals surface area contributed by atoms with Crippen molar-refractivity contribution in [2.45, 2.75) is 0 Å². The molecule has 0 atom stereocenters. The van der Waals surface area contributed by atoms with Gasteiger partial charge in [0.15, 0.2) is 0 Å². The molecule has 0 bridgehead atoms. The summed E-state index contributed by atoms with van der Waals surface area (Å²) in [5.74, 6) is 0.591. The van der Waals surface area contributed by atoms with Crippen LogP contribution < -0.4 is 14.2 Å². The fourth-order valence-corrected chi connectivity index (χ4v) is 1.54. The van der Waals surface area contributed by atoms with E-state index in [0.717, 1.165) is 4.47 Å². The van der Waals surface area contributed by atoms with Gasteiger partial charge in [-0.25, -0.2) is 0 Å². The van der Waals surface area contributed by atoms with Crippen LogP contribution in [0.3, 0.4) is 0 Å². The Bertz CT molecular complexity index is 529. The topological polar surface area (TPSA) is 66.4 Å². The van der Waals surface area contributed by atoms with Gasteiger partial charge in [-0.2, -0.15) is 0 Å². The smallest absolute Gasteiger partial charge is 0.331 e. The first-order valence-corrected chi connectivity index (χ1v) is 5.78. The molecule has 0 aliphatic carbocycles. The van der Waals surface area contributed by atoms with E-state index >= 15 is 0 Å². The lowest BCUT2D eigenvalue weighted by Gasteiger charge is -2.07. The van der Waals surface area contributed by atoms with Gasteiger partial charge in [-0.1, -0.05) is 12.1 Å². The first kappa shape index (κ1) is 12.6. The number of ether oxygens (including phenoxy) is 3. The molecule has 1 heterocycles. The zero-order valence-electron chi connectivity index (χ0n) is 9.75. The third kappa shape index (κ3) is 2.86. The first-order chi connectivity index (χ1) is 8.72. The highest BCUT2D eigenvalue weighted by Crippen LogP contribution is 2.28. The number of rotatable bonds is 4. The maximum Gasteiger partial charge on any atom is 0.331 e. The van der Waals surface area contributed by atoms with Crippen LogP contribution in [0.5, 0.6) is 23.8 Å². The number of halogens is 1. The quantitative estimate of drug-likeness (QED) is 0.864. The number of aromatic nitrogens is 3. The zero-order valence-corrected chi connectivity index (χ0v) is 11.3. The molecule has 0 radical (unpaired) electrons. The minimum Gasteiger partial charge on any atom is -0.467 e. The lowest BCUT2D eigenvalue weighted by atomic mass is 10.3. The van der Waals surface area contributed by atoms with Crippen LogP contribution in [0, 0.1) is 0 Å². The largest absolute Gasteiger partial charge is 0.467 e. The van der Waals surface area contributed by atoms with Crippen LogP contribution in [0.15, 0.2) is 28.7 Å². The summed E-state index contributed by atoms with van der Waals surface area (Å²) < 4.78 is 16.2. The van der Waals surface area contributed by atoms with Gasteiger partial charge in [-0.05, 0) is 28.1 Å². The molecule has 0 aliphatic rings. The molecule has 7 heteroatoms. The minimum absolute atomic E-state index is 0.102. The van der Waals surface area contributed by atoms with Gasteiger partial charge in [0, 0.05) is 0 Å². The van der Waals surface area contributed by atoms with Crippen molar-refractivity contribution in [2.24, 2.45) is 0 Å². The van der Waals surface area contributed by atoms with Crippen LogP contribution in [0.4, 0.5) is 0 Å². The molecule has 0 aliphatic heterocycles. The maximum atomic E-state index is 5.53. The third-order valence-corrected chi connectivity index (χ3v) is 2.63. The molecule has 6 nitrogen and oxygen atoms in total. The van der Waals surface area contributed by atoms with Gasteiger partial charge in [0.2, 0.25) is 0 Å². The summed E-state index contributed by atoms with van der Waals surface area (Å²) in [6, 6.07) is 7.72. The van der Waals surface area contributed by atoms with Crippen LogP contribution in [-0.2, 0) is 0 Å². The summed E-state index contributed by atoms with van der Waals surface area (Å²) in [5, 5.41) is 0. The number of hydrogen-bond acceptors (Lipinski definition) is 6. The van der Waals surface area contributed by atoms with Crippen molar-refractivity contribution in [1.82, 2.24) is 15.0 Å². The summed E-state index contributed by atoms with van der Waals surface area (Å²) in [5.41, 5.74) is 0. The molecule has 0 unspecified atom stereocenters. The van der Waals surface area contributed by atoms with Crippen molar-refractivity contribution in [1.29, 1.82) is 0 Å². The van der Waals surface area contributed by atoms with Crippen molar-refractivity contribution in [3.8, 4) is 23.8 Å². The molecule has 0 amide bonds. The van der Waals surface area contributed by atoms with E-state index in [9.17, 15) is 0 Å². The van der Waals surface area contributed by atoms with Crippen LogP contribution in [-0.4, -0.2) is 29.2 Å². The molecule has 0 saturated carbocycles. The number of para-hydroxylation sites is 1. The average molecular weight is 312 g/mol. The third-order valence-electron chi connectivity index (χ3n) is 1.98. The fourth-order valence-electron chi connectivity index (χ4n) is 1.17. The molecule has 94 valence electrons. The number of methoxy groups -OCH3 is 2. The monoisotopic (exact) mass is 311 g/mol. The van der Waals surface area contributed by atoms with Gasteiger partial charge in [0.05, 0.1) is 18.7 Å².